The first-order valence-electron chi connectivity index (χ1n) is 6.34. The average molecular weight is 290 g/mol. The lowest BCUT2D eigenvalue weighted by Gasteiger charge is -2.13. The molecule has 0 aliphatic carbocycles. The van der Waals surface area contributed by atoms with Gasteiger partial charge in [0.1, 0.15) is 5.75 Å². The molecule has 2 aromatic rings. The van der Waals surface area contributed by atoms with Gasteiger partial charge in [0.2, 0.25) is 0 Å². The van der Waals surface area contributed by atoms with E-state index >= 15 is 0 Å². The zero-order chi connectivity index (χ0) is 14.7. The first kappa shape index (κ1) is 14.4. The Morgan fingerprint density at radius 3 is 2.55 bits per heavy atom. The fraction of sp³-hybridized carbons (Fsp3) is 0.188. The Morgan fingerprint density at radius 1 is 1.20 bits per heavy atom. The average Bonchev–Trinajstić information content (AvgIpc) is 2.41. The second-order valence-corrected chi connectivity index (χ2v) is 5.14. The van der Waals surface area contributed by atoms with Gasteiger partial charge in [-0.05, 0) is 44.2 Å². The van der Waals surface area contributed by atoms with Crippen molar-refractivity contribution in [3.05, 3.63) is 58.6 Å². The van der Waals surface area contributed by atoms with E-state index in [1.54, 1.807) is 36.4 Å². The number of rotatable bonds is 4. The highest BCUT2D eigenvalue weighted by atomic mass is 35.5. The smallest absolute Gasteiger partial charge is 0.196 e. The maximum atomic E-state index is 12.5. The molecule has 0 saturated carbocycles. The van der Waals surface area contributed by atoms with Crippen LogP contribution in [-0.4, -0.2) is 11.9 Å². The number of nitrogen functional groups attached to an aromatic ring is 1. The van der Waals surface area contributed by atoms with Crippen LogP contribution < -0.4 is 10.5 Å². The van der Waals surface area contributed by atoms with E-state index in [0.717, 1.165) is 0 Å². The molecule has 0 aromatic heterocycles. The summed E-state index contributed by atoms with van der Waals surface area (Å²) in [6.07, 6.45) is -0.000967. The van der Waals surface area contributed by atoms with Crippen molar-refractivity contribution in [1.29, 1.82) is 0 Å². The molecule has 2 rings (SSSR count). The molecular weight excluding hydrogens is 274 g/mol. The summed E-state index contributed by atoms with van der Waals surface area (Å²) in [6.45, 7) is 3.84. The highest BCUT2D eigenvalue weighted by Gasteiger charge is 2.15. The minimum absolute atomic E-state index is 0.000967. The van der Waals surface area contributed by atoms with Crippen LogP contribution in [0.25, 0.3) is 0 Å². The van der Waals surface area contributed by atoms with Crippen LogP contribution in [0.15, 0.2) is 42.5 Å². The quantitative estimate of drug-likeness (QED) is 0.685. The second kappa shape index (κ2) is 5.97. The number of hydrogen-bond acceptors (Lipinski definition) is 3. The minimum Gasteiger partial charge on any atom is -0.490 e. The molecule has 0 saturated heterocycles. The molecule has 0 aliphatic heterocycles. The van der Waals surface area contributed by atoms with Gasteiger partial charge in [-0.1, -0.05) is 23.7 Å². The van der Waals surface area contributed by atoms with Crippen molar-refractivity contribution in [3.8, 4) is 5.75 Å². The fourth-order valence-electron chi connectivity index (χ4n) is 1.83. The van der Waals surface area contributed by atoms with E-state index in [1.807, 2.05) is 19.9 Å². The zero-order valence-electron chi connectivity index (χ0n) is 11.4. The molecule has 0 aliphatic rings. The number of halogens is 1. The normalized spacial score (nSPS) is 10.6. The van der Waals surface area contributed by atoms with Crippen molar-refractivity contribution in [1.82, 2.24) is 0 Å². The number of para-hydroxylation sites is 1. The molecule has 2 N–H and O–H groups in total. The van der Waals surface area contributed by atoms with E-state index in [-0.39, 0.29) is 11.9 Å². The fourth-order valence-corrected chi connectivity index (χ4v) is 2.02. The lowest BCUT2D eigenvalue weighted by atomic mass is 10.0. The third-order valence-electron chi connectivity index (χ3n) is 2.76. The van der Waals surface area contributed by atoms with Crippen LogP contribution in [0.5, 0.6) is 5.75 Å². The Hall–Kier alpha value is -2.00. The number of nitrogens with two attached hydrogens (primary N) is 1. The SMILES string of the molecule is CC(C)Oc1ccccc1C(=O)c1ccc(N)c(Cl)c1. The van der Waals surface area contributed by atoms with E-state index in [0.29, 0.717) is 27.6 Å². The van der Waals surface area contributed by atoms with Gasteiger partial charge in [0.15, 0.2) is 5.78 Å². The van der Waals surface area contributed by atoms with Crippen LogP contribution >= 0.6 is 11.6 Å². The van der Waals surface area contributed by atoms with Crippen LogP contribution in [0, 0.1) is 0 Å². The summed E-state index contributed by atoms with van der Waals surface area (Å²) in [5, 5.41) is 0.373. The molecule has 20 heavy (non-hydrogen) atoms. The van der Waals surface area contributed by atoms with E-state index in [4.69, 9.17) is 22.1 Å². The van der Waals surface area contributed by atoms with Crippen molar-refractivity contribution in [2.75, 3.05) is 5.73 Å². The van der Waals surface area contributed by atoms with Gasteiger partial charge in [-0.3, -0.25) is 4.79 Å². The van der Waals surface area contributed by atoms with Crippen molar-refractivity contribution >= 4 is 23.1 Å². The van der Waals surface area contributed by atoms with Gasteiger partial charge in [-0.15, -0.1) is 0 Å². The summed E-state index contributed by atoms with van der Waals surface area (Å²) < 4.78 is 5.66. The Labute approximate surface area is 123 Å². The lowest BCUT2D eigenvalue weighted by molar-refractivity contribution is 0.103. The van der Waals surface area contributed by atoms with Crippen molar-refractivity contribution in [2.45, 2.75) is 20.0 Å². The number of benzene rings is 2. The first-order valence-corrected chi connectivity index (χ1v) is 6.72. The summed E-state index contributed by atoms with van der Waals surface area (Å²) in [6, 6.07) is 12.0. The van der Waals surface area contributed by atoms with Crippen LogP contribution in [-0.2, 0) is 0 Å². The maximum Gasteiger partial charge on any atom is 0.196 e. The predicted octanol–water partition coefficient (Wildman–Crippen LogP) is 3.94. The molecule has 0 bridgehead atoms. The predicted molar refractivity (Wildman–Crippen MR) is 81.5 cm³/mol. The first-order chi connectivity index (χ1) is 9.49. The number of carbonyl (C=O) groups is 1. The topological polar surface area (TPSA) is 52.3 Å². The van der Waals surface area contributed by atoms with Gasteiger partial charge < -0.3 is 10.5 Å². The van der Waals surface area contributed by atoms with Crippen LogP contribution in [0.1, 0.15) is 29.8 Å². The summed E-state index contributed by atoms with van der Waals surface area (Å²) in [7, 11) is 0. The van der Waals surface area contributed by atoms with Gasteiger partial charge in [-0.2, -0.15) is 0 Å². The number of ether oxygens (including phenoxy) is 1. The minimum atomic E-state index is -0.136. The molecule has 3 nitrogen and oxygen atoms in total. The number of carbonyl (C=O) groups excluding carboxylic acids is 1. The van der Waals surface area contributed by atoms with Gasteiger partial charge in [0, 0.05) is 5.56 Å². The Morgan fingerprint density at radius 2 is 1.90 bits per heavy atom. The largest absolute Gasteiger partial charge is 0.490 e. The zero-order valence-corrected chi connectivity index (χ0v) is 12.1. The molecule has 0 spiro atoms. The van der Waals surface area contributed by atoms with Gasteiger partial charge in [0.05, 0.1) is 22.4 Å². The van der Waals surface area contributed by atoms with Crippen LogP contribution in [0.3, 0.4) is 0 Å². The standard InChI is InChI=1S/C16H16ClNO2/c1-10(2)20-15-6-4-3-5-12(15)16(19)11-7-8-14(18)13(17)9-11/h3-10H,18H2,1-2H3. The molecule has 0 radical (unpaired) electrons. The van der Waals surface area contributed by atoms with Gasteiger partial charge in [-0.25, -0.2) is 0 Å². The number of anilines is 1. The third-order valence-corrected chi connectivity index (χ3v) is 3.08. The molecule has 0 atom stereocenters. The monoisotopic (exact) mass is 289 g/mol. The van der Waals surface area contributed by atoms with Crippen LogP contribution in [0.4, 0.5) is 5.69 Å². The lowest BCUT2D eigenvalue weighted by Crippen LogP contribution is -2.10. The van der Waals surface area contributed by atoms with E-state index in [1.165, 1.54) is 0 Å². The summed E-state index contributed by atoms with van der Waals surface area (Å²) in [5.74, 6) is 0.434. The highest BCUT2D eigenvalue weighted by Crippen LogP contribution is 2.25. The third kappa shape index (κ3) is 3.11. The van der Waals surface area contributed by atoms with E-state index in [9.17, 15) is 4.79 Å². The molecule has 4 heteroatoms. The van der Waals surface area contributed by atoms with Crippen molar-refractivity contribution < 1.29 is 9.53 Å². The van der Waals surface area contributed by atoms with Crippen LogP contribution in [0.2, 0.25) is 5.02 Å². The molecule has 0 fully saturated rings. The number of ketones is 1. The highest BCUT2D eigenvalue weighted by molar-refractivity contribution is 6.33. The molecule has 0 unspecified atom stereocenters. The molecule has 0 amide bonds. The Bertz CT molecular complexity index is 638. The van der Waals surface area contributed by atoms with Crippen molar-refractivity contribution in [3.63, 3.8) is 0 Å². The second-order valence-electron chi connectivity index (χ2n) is 4.73. The van der Waals surface area contributed by atoms with E-state index in [2.05, 4.69) is 0 Å². The summed E-state index contributed by atoms with van der Waals surface area (Å²) in [5.41, 5.74) is 7.11. The molecule has 0 heterocycles. The van der Waals surface area contributed by atoms with Crippen molar-refractivity contribution in [2.24, 2.45) is 0 Å². The summed E-state index contributed by atoms with van der Waals surface area (Å²) in [4.78, 5) is 12.5. The maximum absolute atomic E-state index is 12.5. The Balaban J connectivity index is 2.40. The summed E-state index contributed by atoms with van der Waals surface area (Å²) >= 11 is 5.96. The Kier molecular flexibility index (Phi) is 4.30. The van der Waals surface area contributed by atoms with E-state index < -0.39 is 0 Å². The number of hydrogen-bond donors (Lipinski definition) is 1. The van der Waals surface area contributed by atoms with Gasteiger partial charge >= 0.3 is 0 Å². The van der Waals surface area contributed by atoms with Gasteiger partial charge in [0.25, 0.3) is 0 Å². The molecule has 2 aromatic carbocycles. The molecular formula is C16H16ClNO2. The molecule has 104 valence electrons.